The van der Waals surface area contributed by atoms with Crippen LogP contribution < -0.4 is 0 Å². The number of sulfonamides is 1. The highest BCUT2D eigenvalue weighted by molar-refractivity contribution is 7.89. The molecule has 7 heteroatoms. The maximum atomic E-state index is 13.0. The van der Waals surface area contributed by atoms with Crippen molar-refractivity contribution < 1.29 is 8.42 Å². The lowest BCUT2D eigenvalue weighted by Crippen LogP contribution is -2.48. The number of benzene rings is 2. The Labute approximate surface area is 165 Å². The second kappa shape index (κ2) is 7.87. The van der Waals surface area contributed by atoms with Crippen molar-refractivity contribution in [1.82, 2.24) is 9.21 Å². The molecule has 2 aromatic rings. The fourth-order valence-corrected chi connectivity index (χ4v) is 5.21. The van der Waals surface area contributed by atoms with Gasteiger partial charge in [-0.15, -0.1) is 0 Å². The van der Waals surface area contributed by atoms with Crippen LogP contribution >= 0.6 is 23.2 Å². The van der Waals surface area contributed by atoms with Gasteiger partial charge >= 0.3 is 0 Å². The lowest BCUT2D eigenvalue weighted by atomic mass is 10.2. The summed E-state index contributed by atoms with van der Waals surface area (Å²) < 4.78 is 27.6. The van der Waals surface area contributed by atoms with E-state index in [0.717, 1.165) is 17.1 Å². The highest BCUT2D eigenvalue weighted by Crippen LogP contribution is 2.27. The number of aryl methyl sites for hydroxylation is 2. The van der Waals surface area contributed by atoms with Crippen molar-refractivity contribution in [3.05, 3.63) is 63.1 Å². The van der Waals surface area contributed by atoms with Crippen molar-refractivity contribution in [3.63, 3.8) is 0 Å². The number of hydrogen-bond donors (Lipinski definition) is 0. The van der Waals surface area contributed by atoms with E-state index in [0.29, 0.717) is 41.7 Å². The van der Waals surface area contributed by atoms with Crippen molar-refractivity contribution in [2.24, 2.45) is 0 Å². The van der Waals surface area contributed by atoms with Gasteiger partial charge in [0.25, 0.3) is 0 Å². The minimum absolute atomic E-state index is 0.352. The molecule has 0 spiro atoms. The van der Waals surface area contributed by atoms with Crippen molar-refractivity contribution in [1.29, 1.82) is 0 Å². The van der Waals surface area contributed by atoms with Crippen molar-refractivity contribution >= 4 is 33.2 Å². The summed E-state index contributed by atoms with van der Waals surface area (Å²) in [4.78, 5) is 2.61. The molecule has 26 heavy (non-hydrogen) atoms. The van der Waals surface area contributed by atoms with E-state index in [4.69, 9.17) is 23.2 Å². The van der Waals surface area contributed by atoms with Gasteiger partial charge in [-0.05, 0) is 54.8 Å². The van der Waals surface area contributed by atoms with Gasteiger partial charge in [0.15, 0.2) is 0 Å². The molecule has 1 aliphatic heterocycles. The molecule has 0 atom stereocenters. The number of nitrogens with zero attached hydrogens (tertiary/aromatic N) is 2. The van der Waals surface area contributed by atoms with Gasteiger partial charge in [-0.25, -0.2) is 8.42 Å². The molecule has 1 heterocycles. The molecule has 0 saturated carbocycles. The van der Waals surface area contributed by atoms with Gasteiger partial charge in [0.2, 0.25) is 10.0 Å². The molecule has 3 rings (SSSR count). The number of piperazine rings is 1. The summed E-state index contributed by atoms with van der Waals surface area (Å²) in [5.41, 5.74) is 2.64. The summed E-state index contributed by atoms with van der Waals surface area (Å²) in [6.07, 6.45) is 0. The predicted octanol–water partition coefficient (Wildman–Crippen LogP) is 4.12. The number of hydrogen-bond acceptors (Lipinski definition) is 3. The first-order chi connectivity index (χ1) is 12.3. The first-order valence-electron chi connectivity index (χ1n) is 8.51. The third-order valence-electron chi connectivity index (χ3n) is 4.72. The minimum atomic E-state index is -3.50. The normalized spacial score (nSPS) is 16.8. The molecular weight excluding hydrogens is 391 g/mol. The highest BCUT2D eigenvalue weighted by Gasteiger charge is 2.30. The van der Waals surface area contributed by atoms with Gasteiger partial charge in [0.1, 0.15) is 0 Å². The Morgan fingerprint density at radius 2 is 1.54 bits per heavy atom. The van der Waals surface area contributed by atoms with Gasteiger partial charge in [0.05, 0.1) is 4.90 Å². The van der Waals surface area contributed by atoms with Crippen molar-refractivity contribution in [2.75, 3.05) is 26.2 Å². The Kier molecular flexibility index (Phi) is 5.94. The molecule has 0 aliphatic carbocycles. The zero-order chi connectivity index (χ0) is 18.9. The van der Waals surface area contributed by atoms with Crippen LogP contribution in [0.25, 0.3) is 0 Å². The Hall–Kier alpha value is -1.11. The molecule has 1 fully saturated rings. The fraction of sp³-hybridized carbons (Fsp3) is 0.368. The molecule has 140 valence electrons. The predicted molar refractivity (Wildman–Crippen MR) is 106 cm³/mol. The molecule has 4 nitrogen and oxygen atoms in total. The maximum Gasteiger partial charge on any atom is 0.243 e. The van der Waals surface area contributed by atoms with Gasteiger partial charge < -0.3 is 0 Å². The van der Waals surface area contributed by atoms with E-state index < -0.39 is 10.0 Å². The molecule has 2 aromatic carbocycles. The van der Waals surface area contributed by atoms with Crippen molar-refractivity contribution in [2.45, 2.75) is 25.3 Å². The van der Waals surface area contributed by atoms with Crippen LogP contribution in [0.1, 0.15) is 16.7 Å². The van der Waals surface area contributed by atoms with Crippen molar-refractivity contribution in [3.8, 4) is 0 Å². The van der Waals surface area contributed by atoms with E-state index in [1.165, 1.54) is 5.56 Å². The van der Waals surface area contributed by atoms with Crippen LogP contribution in [0.4, 0.5) is 0 Å². The molecule has 0 unspecified atom stereocenters. The SMILES string of the molecule is Cc1cc(S(=O)(=O)N2CCN(Cc3ccc(Cl)cc3)CC2)c(C)cc1Cl. The molecule has 0 N–H and O–H groups in total. The highest BCUT2D eigenvalue weighted by atomic mass is 35.5. The summed E-state index contributed by atoms with van der Waals surface area (Å²) in [6.45, 7) is 6.78. The molecule has 0 aromatic heterocycles. The third-order valence-corrected chi connectivity index (χ3v) is 7.42. The van der Waals surface area contributed by atoms with Crippen LogP contribution in [0.3, 0.4) is 0 Å². The average Bonchev–Trinajstić information content (AvgIpc) is 2.60. The van der Waals surface area contributed by atoms with E-state index >= 15 is 0 Å². The number of halogens is 2. The third kappa shape index (κ3) is 4.24. The van der Waals surface area contributed by atoms with E-state index in [-0.39, 0.29) is 0 Å². The summed E-state index contributed by atoms with van der Waals surface area (Å²) >= 11 is 12.0. The first kappa shape index (κ1) is 19.6. The molecule has 1 saturated heterocycles. The van der Waals surface area contributed by atoms with E-state index in [2.05, 4.69) is 4.90 Å². The zero-order valence-corrected chi connectivity index (χ0v) is 17.2. The van der Waals surface area contributed by atoms with E-state index in [1.807, 2.05) is 31.2 Å². The lowest BCUT2D eigenvalue weighted by molar-refractivity contribution is 0.181. The average molecular weight is 413 g/mol. The van der Waals surface area contributed by atoms with Crippen LogP contribution in [-0.2, 0) is 16.6 Å². The van der Waals surface area contributed by atoms with Gasteiger partial charge in [-0.1, -0.05) is 35.3 Å². The smallest absolute Gasteiger partial charge is 0.243 e. The molecular formula is C19H22Cl2N2O2S. The Morgan fingerprint density at radius 1 is 0.923 bits per heavy atom. The Bertz CT molecular complexity index is 891. The van der Waals surface area contributed by atoms with E-state index in [1.54, 1.807) is 23.4 Å². The van der Waals surface area contributed by atoms with Crippen LogP contribution in [0.15, 0.2) is 41.3 Å². The standard InChI is InChI=1S/C19H22Cl2N2O2S/c1-14-12-19(15(2)11-18(14)21)26(24,25)23-9-7-22(8-10-23)13-16-3-5-17(20)6-4-16/h3-6,11-12H,7-10,13H2,1-2H3. The largest absolute Gasteiger partial charge is 0.296 e. The molecule has 0 radical (unpaired) electrons. The van der Waals surface area contributed by atoms with Crippen LogP contribution in [0.2, 0.25) is 10.0 Å². The van der Waals surface area contributed by atoms with Gasteiger partial charge in [-0.2, -0.15) is 4.31 Å². The summed E-state index contributed by atoms with van der Waals surface area (Å²) in [5, 5.41) is 1.31. The van der Waals surface area contributed by atoms with E-state index in [9.17, 15) is 8.42 Å². The number of rotatable bonds is 4. The molecule has 0 amide bonds. The molecule has 0 bridgehead atoms. The van der Waals surface area contributed by atoms with Gasteiger partial charge in [-0.3, -0.25) is 4.90 Å². The topological polar surface area (TPSA) is 40.6 Å². The minimum Gasteiger partial charge on any atom is -0.296 e. The van der Waals surface area contributed by atoms with Crippen LogP contribution in [0, 0.1) is 13.8 Å². The lowest BCUT2D eigenvalue weighted by Gasteiger charge is -2.34. The second-order valence-corrected chi connectivity index (χ2v) is 9.42. The van der Waals surface area contributed by atoms with Gasteiger partial charge in [0, 0.05) is 42.8 Å². The Morgan fingerprint density at radius 3 is 2.15 bits per heavy atom. The Balaban J connectivity index is 1.69. The summed E-state index contributed by atoms with van der Waals surface area (Å²) in [6, 6.07) is 11.2. The first-order valence-corrected chi connectivity index (χ1v) is 10.7. The molecule has 1 aliphatic rings. The van der Waals surface area contributed by atoms with Crippen LogP contribution in [0.5, 0.6) is 0 Å². The fourth-order valence-electron chi connectivity index (χ4n) is 3.15. The summed E-state index contributed by atoms with van der Waals surface area (Å²) in [7, 11) is -3.50. The zero-order valence-electron chi connectivity index (χ0n) is 14.9. The monoisotopic (exact) mass is 412 g/mol. The van der Waals surface area contributed by atoms with Crippen LogP contribution in [-0.4, -0.2) is 43.8 Å². The quantitative estimate of drug-likeness (QED) is 0.757. The maximum absolute atomic E-state index is 13.0. The summed E-state index contributed by atoms with van der Waals surface area (Å²) in [5.74, 6) is 0. The second-order valence-electron chi connectivity index (χ2n) is 6.67.